The molecule has 0 atom stereocenters. The molecule has 1 heteroatoms. The molecule has 0 radical (unpaired) electrons. The van der Waals surface area contributed by atoms with E-state index in [2.05, 4.69) is 13.0 Å². The molecule has 0 saturated heterocycles. The molecule has 0 spiro atoms. The fourth-order valence-corrected chi connectivity index (χ4v) is 2.53. The van der Waals surface area contributed by atoms with Gasteiger partial charge in [-0.3, -0.25) is 4.79 Å². The molecule has 16 heavy (non-hydrogen) atoms. The van der Waals surface area contributed by atoms with Crippen LogP contribution in [0.3, 0.4) is 0 Å². The van der Waals surface area contributed by atoms with E-state index in [0.717, 1.165) is 12.0 Å². The average molecular weight is 222 g/mol. The van der Waals surface area contributed by atoms with Gasteiger partial charge in [-0.05, 0) is 44.1 Å². The number of unbranched alkanes of at least 4 members (excludes halogenated alkanes) is 2. The Bertz CT molecular complexity index is 234. The van der Waals surface area contributed by atoms with E-state index in [1.54, 1.807) is 6.92 Å². The maximum Gasteiger partial charge on any atom is 0.155 e. The fourth-order valence-electron chi connectivity index (χ4n) is 2.53. The third kappa shape index (κ3) is 4.96. The summed E-state index contributed by atoms with van der Waals surface area (Å²) in [5.74, 6) is 0.982. The van der Waals surface area contributed by atoms with Crippen LogP contribution in [0.5, 0.6) is 0 Å². The van der Waals surface area contributed by atoms with Gasteiger partial charge in [-0.15, -0.1) is 0 Å². The summed E-state index contributed by atoms with van der Waals surface area (Å²) in [7, 11) is 0. The molecule has 1 aliphatic carbocycles. The van der Waals surface area contributed by atoms with Crippen molar-refractivity contribution < 1.29 is 4.79 Å². The van der Waals surface area contributed by atoms with Crippen LogP contribution in [0.15, 0.2) is 11.6 Å². The highest BCUT2D eigenvalue weighted by Gasteiger charge is 2.13. The van der Waals surface area contributed by atoms with Gasteiger partial charge in [-0.2, -0.15) is 0 Å². The molecule has 1 aliphatic rings. The molecule has 0 aliphatic heterocycles. The number of carbonyl (C=O) groups excluding carboxylic acids is 1. The monoisotopic (exact) mass is 222 g/mol. The van der Waals surface area contributed by atoms with Crippen LogP contribution in [0.4, 0.5) is 0 Å². The molecule has 92 valence electrons. The molecule has 0 heterocycles. The van der Waals surface area contributed by atoms with Crippen molar-refractivity contribution in [1.29, 1.82) is 0 Å². The van der Waals surface area contributed by atoms with E-state index >= 15 is 0 Å². The Morgan fingerprint density at radius 3 is 2.44 bits per heavy atom. The summed E-state index contributed by atoms with van der Waals surface area (Å²) in [5.41, 5.74) is 1.10. The average Bonchev–Trinajstić information content (AvgIpc) is 2.29. The second kappa shape index (κ2) is 7.65. The van der Waals surface area contributed by atoms with Crippen molar-refractivity contribution in [2.45, 2.75) is 71.6 Å². The number of hydrogen-bond donors (Lipinski definition) is 0. The summed E-state index contributed by atoms with van der Waals surface area (Å²) in [5, 5.41) is 0. The first-order valence-electron chi connectivity index (χ1n) is 6.95. The second-order valence-electron chi connectivity index (χ2n) is 5.10. The zero-order valence-electron chi connectivity index (χ0n) is 10.9. The van der Waals surface area contributed by atoms with Crippen molar-refractivity contribution in [2.24, 2.45) is 5.92 Å². The van der Waals surface area contributed by atoms with Crippen molar-refractivity contribution in [3.63, 3.8) is 0 Å². The molecule has 0 bridgehead atoms. The predicted octanol–water partition coefficient (Wildman–Crippen LogP) is 4.66. The molecule has 1 fully saturated rings. The number of ketones is 1. The lowest BCUT2D eigenvalue weighted by molar-refractivity contribution is -0.113. The van der Waals surface area contributed by atoms with Crippen molar-refractivity contribution in [3.05, 3.63) is 11.6 Å². The Labute approximate surface area is 100 Å². The van der Waals surface area contributed by atoms with Gasteiger partial charge in [0, 0.05) is 0 Å². The summed E-state index contributed by atoms with van der Waals surface area (Å²) < 4.78 is 0. The summed E-state index contributed by atoms with van der Waals surface area (Å²) >= 11 is 0. The Kier molecular flexibility index (Phi) is 6.44. The van der Waals surface area contributed by atoms with Crippen molar-refractivity contribution in [3.8, 4) is 0 Å². The van der Waals surface area contributed by atoms with Crippen LogP contribution in [0.2, 0.25) is 0 Å². The zero-order valence-corrected chi connectivity index (χ0v) is 10.9. The number of Topliss-reactive ketones (excluding diaryl/α,β-unsaturated/α-hetero) is 1. The van der Waals surface area contributed by atoms with Gasteiger partial charge in [0.1, 0.15) is 0 Å². The van der Waals surface area contributed by atoms with Gasteiger partial charge in [-0.1, -0.05) is 45.1 Å². The van der Waals surface area contributed by atoms with Crippen molar-refractivity contribution >= 4 is 5.78 Å². The SMILES string of the molecule is CCCCCC(=CC1CCCCC1)C(C)=O. The molecule has 1 saturated carbocycles. The third-order valence-corrected chi connectivity index (χ3v) is 3.59. The third-order valence-electron chi connectivity index (χ3n) is 3.59. The van der Waals surface area contributed by atoms with E-state index in [-0.39, 0.29) is 0 Å². The molecule has 0 N–H and O–H groups in total. The molecular weight excluding hydrogens is 196 g/mol. The van der Waals surface area contributed by atoms with Gasteiger partial charge in [0.05, 0.1) is 0 Å². The molecule has 0 unspecified atom stereocenters. The van der Waals surface area contributed by atoms with Crippen molar-refractivity contribution in [1.82, 2.24) is 0 Å². The van der Waals surface area contributed by atoms with Gasteiger partial charge >= 0.3 is 0 Å². The number of rotatable bonds is 6. The van der Waals surface area contributed by atoms with Crippen LogP contribution < -0.4 is 0 Å². The Morgan fingerprint density at radius 1 is 1.19 bits per heavy atom. The van der Waals surface area contributed by atoms with E-state index in [1.165, 1.54) is 51.4 Å². The molecular formula is C15H26O. The first-order valence-corrected chi connectivity index (χ1v) is 6.95. The highest BCUT2D eigenvalue weighted by molar-refractivity contribution is 5.93. The summed E-state index contributed by atoms with van der Waals surface area (Å²) in [6.45, 7) is 3.93. The van der Waals surface area contributed by atoms with E-state index in [0.29, 0.717) is 11.7 Å². The second-order valence-corrected chi connectivity index (χ2v) is 5.10. The Morgan fingerprint density at radius 2 is 1.88 bits per heavy atom. The molecule has 0 amide bonds. The van der Waals surface area contributed by atoms with E-state index in [9.17, 15) is 4.79 Å². The summed E-state index contributed by atoms with van der Waals surface area (Å²) in [4.78, 5) is 11.5. The number of hydrogen-bond acceptors (Lipinski definition) is 1. The lowest BCUT2D eigenvalue weighted by atomic mass is 9.86. The maximum absolute atomic E-state index is 11.5. The number of carbonyl (C=O) groups is 1. The van der Waals surface area contributed by atoms with Gasteiger partial charge in [0.15, 0.2) is 5.78 Å². The van der Waals surface area contributed by atoms with Gasteiger partial charge in [0.25, 0.3) is 0 Å². The van der Waals surface area contributed by atoms with Gasteiger partial charge in [0.2, 0.25) is 0 Å². The lowest BCUT2D eigenvalue weighted by Crippen LogP contribution is -2.07. The van der Waals surface area contributed by atoms with Crippen LogP contribution in [0, 0.1) is 5.92 Å². The van der Waals surface area contributed by atoms with Crippen LogP contribution in [-0.4, -0.2) is 5.78 Å². The Balaban J connectivity index is 2.46. The first-order chi connectivity index (χ1) is 7.74. The largest absolute Gasteiger partial charge is 0.295 e. The topological polar surface area (TPSA) is 17.1 Å². The van der Waals surface area contributed by atoms with Gasteiger partial charge in [-0.25, -0.2) is 0 Å². The molecule has 0 aromatic rings. The Hall–Kier alpha value is -0.590. The highest BCUT2D eigenvalue weighted by atomic mass is 16.1. The standard InChI is InChI=1S/C15H26O/c1-3-4-6-11-15(13(2)16)12-14-9-7-5-8-10-14/h12,14H,3-11H2,1-2H3. The van der Waals surface area contributed by atoms with E-state index in [4.69, 9.17) is 0 Å². The van der Waals surface area contributed by atoms with E-state index in [1.807, 2.05) is 0 Å². The fraction of sp³-hybridized carbons (Fsp3) is 0.800. The summed E-state index contributed by atoms with van der Waals surface area (Å²) in [6.07, 6.45) is 13.6. The van der Waals surface area contributed by atoms with Gasteiger partial charge < -0.3 is 0 Å². The van der Waals surface area contributed by atoms with E-state index < -0.39 is 0 Å². The molecule has 1 nitrogen and oxygen atoms in total. The minimum atomic E-state index is 0.293. The van der Waals surface area contributed by atoms with Crippen molar-refractivity contribution in [2.75, 3.05) is 0 Å². The normalized spacial score (nSPS) is 18.8. The lowest BCUT2D eigenvalue weighted by Gasteiger charge is -2.19. The maximum atomic E-state index is 11.5. The highest BCUT2D eigenvalue weighted by Crippen LogP contribution is 2.26. The molecule has 0 aromatic heterocycles. The van der Waals surface area contributed by atoms with Crippen LogP contribution in [-0.2, 0) is 4.79 Å². The van der Waals surface area contributed by atoms with Crippen LogP contribution >= 0.6 is 0 Å². The number of allylic oxidation sites excluding steroid dienone is 2. The minimum Gasteiger partial charge on any atom is -0.295 e. The predicted molar refractivity (Wildman–Crippen MR) is 69.5 cm³/mol. The van der Waals surface area contributed by atoms with Crippen LogP contribution in [0.1, 0.15) is 71.6 Å². The minimum absolute atomic E-state index is 0.293. The zero-order chi connectivity index (χ0) is 11.8. The summed E-state index contributed by atoms with van der Waals surface area (Å²) in [6, 6.07) is 0. The quantitative estimate of drug-likeness (QED) is 0.472. The molecule has 1 rings (SSSR count). The molecule has 0 aromatic carbocycles. The van der Waals surface area contributed by atoms with Crippen LogP contribution in [0.25, 0.3) is 0 Å². The first kappa shape index (κ1) is 13.5. The smallest absolute Gasteiger partial charge is 0.155 e.